The normalized spacial score (nSPS) is 27.6. The second kappa shape index (κ2) is 5.86. The van der Waals surface area contributed by atoms with Crippen molar-refractivity contribution in [2.24, 2.45) is 0 Å². The molecule has 108 valence electrons. The minimum atomic E-state index is 0.125. The molecule has 1 saturated heterocycles. The van der Waals surface area contributed by atoms with Crippen LogP contribution in [0.5, 0.6) is 0 Å². The second-order valence-corrected chi connectivity index (χ2v) is 6.77. The number of fused-ring (bicyclic) bond motifs is 1. The number of alkyl halides is 1. The molecule has 20 heavy (non-hydrogen) atoms. The highest BCUT2D eigenvalue weighted by molar-refractivity contribution is 9.09. The van der Waals surface area contributed by atoms with Crippen LogP contribution in [0.15, 0.2) is 18.2 Å². The summed E-state index contributed by atoms with van der Waals surface area (Å²) in [7, 11) is 0. The second-order valence-electron chi connectivity index (χ2n) is 5.78. The predicted molar refractivity (Wildman–Crippen MR) is 83.2 cm³/mol. The average molecular weight is 338 g/mol. The van der Waals surface area contributed by atoms with Crippen LogP contribution in [0.1, 0.15) is 48.6 Å². The van der Waals surface area contributed by atoms with Crippen molar-refractivity contribution in [1.82, 2.24) is 0 Å². The molecule has 1 aromatic rings. The first-order valence-electron chi connectivity index (χ1n) is 7.35. The van der Waals surface area contributed by atoms with Gasteiger partial charge in [-0.25, -0.2) is 0 Å². The largest absolute Gasteiger partial charge is 0.374 e. The molecule has 1 aromatic carbocycles. The number of carbonyl (C=O) groups excluding carboxylic acids is 1. The summed E-state index contributed by atoms with van der Waals surface area (Å²) in [6, 6.07) is 6.34. The van der Waals surface area contributed by atoms with E-state index in [0.717, 1.165) is 31.4 Å². The van der Waals surface area contributed by atoms with Gasteiger partial charge in [-0.1, -0.05) is 28.1 Å². The lowest BCUT2D eigenvalue weighted by atomic mass is 10.00. The molecular weight excluding hydrogens is 318 g/mol. The quantitative estimate of drug-likeness (QED) is 0.829. The van der Waals surface area contributed by atoms with Gasteiger partial charge in [0.25, 0.3) is 0 Å². The summed E-state index contributed by atoms with van der Waals surface area (Å²) in [6.07, 6.45) is 5.35. The van der Waals surface area contributed by atoms with E-state index in [4.69, 9.17) is 4.74 Å². The van der Waals surface area contributed by atoms with Crippen LogP contribution in [-0.4, -0.2) is 18.1 Å². The number of carbonyl (C=O) groups is 1. The Labute approximate surface area is 128 Å². The van der Waals surface area contributed by atoms with Gasteiger partial charge in [0.1, 0.15) is 0 Å². The van der Waals surface area contributed by atoms with E-state index in [0.29, 0.717) is 12.5 Å². The number of hydrogen-bond acceptors (Lipinski definition) is 2. The van der Waals surface area contributed by atoms with Crippen molar-refractivity contribution >= 4 is 27.5 Å². The Hall–Kier alpha value is -0.870. The number of hydrogen-bond donors (Lipinski definition) is 1. The highest BCUT2D eigenvalue weighted by Crippen LogP contribution is 2.37. The van der Waals surface area contributed by atoms with Crippen molar-refractivity contribution in [3.05, 3.63) is 29.3 Å². The molecule has 3 rings (SSSR count). The molecule has 2 aliphatic rings. The number of aryl methyl sites for hydroxylation is 1. The van der Waals surface area contributed by atoms with Crippen molar-refractivity contribution in [1.29, 1.82) is 0 Å². The van der Waals surface area contributed by atoms with Crippen molar-refractivity contribution < 1.29 is 9.53 Å². The number of ether oxygens (including phenoxy) is 1. The monoisotopic (exact) mass is 337 g/mol. The van der Waals surface area contributed by atoms with Crippen LogP contribution in [0.25, 0.3) is 0 Å². The maximum atomic E-state index is 11.6. The van der Waals surface area contributed by atoms with Crippen LogP contribution in [0.3, 0.4) is 0 Å². The number of anilines is 1. The Morgan fingerprint density at radius 2 is 2.20 bits per heavy atom. The minimum absolute atomic E-state index is 0.125. The van der Waals surface area contributed by atoms with E-state index >= 15 is 0 Å². The van der Waals surface area contributed by atoms with E-state index in [-0.39, 0.29) is 16.8 Å². The lowest BCUT2D eigenvalue weighted by molar-refractivity contribution is -0.116. The van der Waals surface area contributed by atoms with Gasteiger partial charge in [-0.05, 0) is 49.8 Å². The van der Waals surface area contributed by atoms with Crippen molar-refractivity contribution in [3.63, 3.8) is 0 Å². The molecular formula is C16H20BrNO2. The van der Waals surface area contributed by atoms with Gasteiger partial charge < -0.3 is 10.1 Å². The molecule has 4 heteroatoms. The molecule has 1 N–H and O–H groups in total. The number of halogens is 1. The fraction of sp³-hybridized carbons (Fsp3) is 0.562. The van der Waals surface area contributed by atoms with Gasteiger partial charge in [0.05, 0.1) is 17.0 Å². The molecule has 2 aliphatic heterocycles. The Morgan fingerprint density at radius 3 is 2.95 bits per heavy atom. The Kier molecular flexibility index (Phi) is 4.13. The van der Waals surface area contributed by atoms with E-state index < -0.39 is 0 Å². The van der Waals surface area contributed by atoms with Crippen molar-refractivity contribution in [3.8, 4) is 0 Å². The van der Waals surface area contributed by atoms with Crippen LogP contribution >= 0.6 is 15.9 Å². The predicted octanol–water partition coefficient (Wildman–Crippen LogP) is 3.96. The molecule has 0 aliphatic carbocycles. The number of nitrogens with one attached hydrogen (secondary N) is 1. The number of benzene rings is 1. The Bertz CT molecular complexity index is 517. The smallest absolute Gasteiger partial charge is 0.224 e. The topological polar surface area (TPSA) is 38.3 Å². The summed E-state index contributed by atoms with van der Waals surface area (Å²) in [5.74, 6) is 0.125. The lowest BCUT2D eigenvalue weighted by Crippen LogP contribution is -2.15. The first kappa shape index (κ1) is 14.1. The van der Waals surface area contributed by atoms with Crippen molar-refractivity contribution in [2.75, 3.05) is 5.32 Å². The molecule has 3 nitrogen and oxygen atoms in total. The summed E-state index contributed by atoms with van der Waals surface area (Å²) in [5.41, 5.74) is 3.46. The summed E-state index contributed by atoms with van der Waals surface area (Å²) in [5, 5.41) is 2.98. The number of rotatable bonds is 2. The van der Waals surface area contributed by atoms with Crippen LogP contribution in [0.4, 0.5) is 5.69 Å². The summed E-state index contributed by atoms with van der Waals surface area (Å²) < 4.78 is 5.95. The van der Waals surface area contributed by atoms with E-state index in [9.17, 15) is 4.79 Å². The molecule has 0 aromatic heterocycles. The third-order valence-electron chi connectivity index (χ3n) is 4.16. The zero-order valence-corrected chi connectivity index (χ0v) is 13.3. The first-order valence-corrected chi connectivity index (χ1v) is 8.27. The van der Waals surface area contributed by atoms with Gasteiger partial charge in [0.2, 0.25) is 5.91 Å². The third kappa shape index (κ3) is 2.91. The molecule has 0 radical (unpaired) electrons. The van der Waals surface area contributed by atoms with Crippen LogP contribution < -0.4 is 5.32 Å². The molecule has 0 bridgehead atoms. The van der Waals surface area contributed by atoms with Crippen LogP contribution in [0, 0.1) is 0 Å². The third-order valence-corrected chi connectivity index (χ3v) is 5.28. The Morgan fingerprint density at radius 1 is 1.35 bits per heavy atom. The molecule has 1 fully saturated rings. The van der Waals surface area contributed by atoms with Crippen LogP contribution in [-0.2, 0) is 16.0 Å². The maximum absolute atomic E-state index is 11.6. The molecule has 3 unspecified atom stereocenters. The zero-order chi connectivity index (χ0) is 14.1. The number of amides is 1. The van der Waals surface area contributed by atoms with Crippen molar-refractivity contribution in [2.45, 2.75) is 56.1 Å². The molecule has 0 spiro atoms. The highest BCUT2D eigenvalue weighted by atomic mass is 79.9. The van der Waals surface area contributed by atoms with Gasteiger partial charge in [-0.2, -0.15) is 0 Å². The van der Waals surface area contributed by atoms with Gasteiger partial charge in [0.15, 0.2) is 0 Å². The Balaban J connectivity index is 1.81. The summed E-state index contributed by atoms with van der Waals surface area (Å²) >= 11 is 3.79. The molecule has 3 atom stereocenters. The highest BCUT2D eigenvalue weighted by Gasteiger charge is 2.29. The first-order chi connectivity index (χ1) is 9.63. The lowest BCUT2D eigenvalue weighted by Gasteiger charge is -2.19. The van der Waals surface area contributed by atoms with Gasteiger partial charge >= 0.3 is 0 Å². The molecule has 1 amide bonds. The summed E-state index contributed by atoms with van der Waals surface area (Å²) in [6.45, 7) is 2.13. The average Bonchev–Trinajstić information content (AvgIpc) is 2.77. The van der Waals surface area contributed by atoms with Gasteiger partial charge in [-0.3, -0.25) is 4.79 Å². The zero-order valence-electron chi connectivity index (χ0n) is 11.7. The van der Waals surface area contributed by atoms with E-state index in [1.165, 1.54) is 11.1 Å². The SMILES string of the molecule is CC1CCC(C(Br)c2ccc3c(c2)CCCC(=O)N3)O1. The fourth-order valence-electron chi connectivity index (χ4n) is 3.03. The standard InChI is InChI=1S/C16H20BrNO2/c1-10-5-8-14(20-10)16(17)12-6-7-13-11(9-12)3-2-4-15(19)18-13/h6-7,9-10,14,16H,2-5,8H2,1H3,(H,18,19). The van der Waals surface area contributed by atoms with Gasteiger partial charge in [0, 0.05) is 12.1 Å². The van der Waals surface area contributed by atoms with Crippen LogP contribution in [0.2, 0.25) is 0 Å². The molecule has 2 heterocycles. The van der Waals surface area contributed by atoms with E-state index in [2.05, 4.69) is 40.3 Å². The van der Waals surface area contributed by atoms with E-state index in [1.807, 2.05) is 6.07 Å². The fourth-order valence-corrected chi connectivity index (χ4v) is 3.70. The van der Waals surface area contributed by atoms with E-state index in [1.54, 1.807) is 0 Å². The molecule has 0 saturated carbocycles. The maximum Gasteiger partial charge on any atom is 0.224 e. The summed E-state index contributed by atoms with van der Waals surface area (Å²) in [4.78, 5) is 11.8. The minimum Gasteiger partial charge on any atom is -0.374 e. The van der Waals surface area contributed by atoms with Gasteiger partial charge in [-0.15, -0.1) is 0 Å².